The van der Waals surface area contributed by atoms with E-state index < -0.39 is 0 Å². The summed E-state index contributed by atoms with van der Waals surface area (Å²) in [6.07, 6.45) is 22.0. The molecule has 12 rings (SSSR count). The van der Waals surface area contributed by atoms with Crippen molar-refractivity contribution in [1.29, 1.82) is 0 Å². The highest BCUT2D eigenvalue weighted by atomic mass is 16.3. The standard InChI is InChI=1S/6C7H4N2O2/c10-5-1-4-11-7-6(5)8-2-3-9-7;10-5-2-4-11-6-1-3-8-9-7(5)6;10-6-1-2-11-7-5(6)3-8-4-9-7;10-5-1-2-11-6-3-8-4-9-7(5)6;10-7-5-1-2-8-3-6(5)11-4-9-7;10-6-5-2-1-3-8-7(5)11-4-9-6/h6*1-4H. The van der Waals surface area contributed by atoms with Gasteiger partial charge in [0.1, 0.15) is 23.4 Å². The van der Waals surface area contributed by atoms with Gasteiger partial charge in [-0.25, -0.2) is 34.9 Å². The topological polar surface area (TPSA) is 336 Å². The minimum Gasteiger partial charge on any atom is -0.462 e. The molecule has 12 aromatic rings. The van der Waals surface area contributed by atoms with E-state index in [1.807, 2.05) is 0 Å². The third-order valence-corrected chi connectivity index (χ3v) is 8.00. The van der Waals surface area contributed by atoms with Gasteiger partial charge in [-0.05, 0) is 18.2 Å². The second-order valence-electron chi connectivity index (χ2n) is 12.1. The van der Waals surface area contributed by atoms with Crippen LogP contribution in [0.1, 0.15) is 0 Å². The monoisotopic (exact) mass is 888 g/mol. The molecule has 0 unspecified atom stereocenters. The Balaban J connectivity index is 0.000000118. The third-order valence-electron chi connectivity index (χ3n) is 8.00. The number of hydrogen-bond donors (Lipinski definition) is 0. The van der Waals surface area contributed by atoms with E-state index in [9.17, 15) is 28.8 Å². The Morgan fingerprint density at radius 3 is 1.73 bits per heavy atom. The van der Waals surface area contributed by atoms with Crippen molar-refractivity contribution in [3.8, 4) is 0 Å². The highest BCUT2D eigenvalue weighted by molar-refractivity contribution is 5.74. The maximum atomic E-state index is 11.0. The number of pyridine rings is 2. The van der Waals surface area contributed by atoms with Crippen molar-refractivity contribution in [3.63, 3.8) is 0 Å². The van der Waals surface area contributed by atoms with Gasteiger partial charge in [0.2, 0.25) is 33.4 Å². The second kappa shape index (κ2) is 21.5. The Bertz CT molecular complexity index is 3240. The van der Waals surface area contributed by atoms with Gasteiger partial charge in [-0.2, -0.15) is 15.1 Å². The van der Waals surface area contributed by atoms with E-state index in [1.165, 1.54) is 105 Å². The maximum absolute atomic E-state index is 11.0. The quantitative estimate of drug-likeness (QED) is 0.210. The van der Waals surface area contributed by atoms with Crippen LogP contribution in [0, 0.1) is 0 Å². The number of fused-ring (bicyclic) bond motifs is 6. The van der Waals surface area contributed by atoms with Gasteiger partial charge in [-0.15, -0.1) is 5.10 Å². The summed E-state index contributed by atoms with van der Waals surface area (Å²) in [5.74, 6) is 0. The molecule has 24 heteroatoms. The number of hydrogen-bond acceptors (Lipinski definition) is 24. The molecule has 0 aliphatic heterocycles. The molecule has 0 amide bonds. The van der Waals surface area contributed by atoms with Crippen molar-refractivity contribution in [2.45, 2.75) is 0 Å². The second-order valence-corrected chi connectivity index (χ2v) is 12.1. The number of aromatic nitrogens is 12. The molecule has 0 N–H and O–H groups in total. The Hall–Kier alpha value is -10.3. The van der Waals surface area contributed by atoms with Crippen molar-refractivity contribution >= 4 is 66.6 Å². The first kappa shape index (κ1) is 43.8. The predicted molar refractivity (Wildman–Crippen MR) is 228 cm³/mol. The Labute approximate surface area is 362 Å². The Morgan fingerprint density at radius 2 is 0.985 bits per heavy atom. The summed E-state index contributed by atoms with van der Waals surface area (Å²) in [5.41, 5.74) is 1.96. The van der Waals surface area contributed by atoms with E-state index in [-0.39, 0.29) is 49.6 Å². The highest BCUT2D eigenvalue weighted by Gasteiger charge is 2.02. The number of rotatable bonds is 0. The molecule has 0 fully saturated rings. The summed E-state index contributed by atoms with van der Waals surface area (Å²) < 4.78 is 29.6. The van der Waals surface area contributed by atoms with Crippen LogP contribution >= 0.6 is 0 Å². The zero-order valence-electron chi connectivity index (χ0n) is 33.1. The van der Waals surface area contributed by atoms with Crippen LogP contribution in [0.4, 0.5) is 0 Å². The fourth-order valence-electron chi connectivity index (χ4n) is 5.01. The average molecular weight is 889 g/mol. The molecule has 0 aliphatic carbocycles. The summed E-state index contributed by atoms with van der Waals surface area (Å²) in [7, 11) is 0. The lowest BCUT2D eigenvalue weighted by atomic mass is 10.3. The molecule has 0 aromatic carbocycles. The number of nitrogens with zero attached hydrogens (tertiary/aromatic N) is 12. The molecule has 0 saturated carbocycles. The highest BCUT2D eigenvalue weighted by Crippen LogP contribution is 2.06. The lowest BCUT2D eigenvalue weighted by molar-refractivity contribution is 0.564. The average Bonchev–Trinajstić information content (AvgIpc) is 3.36. The van der Waals surface area contributed by atoms with Crippen LogP contribution in [-0.2, 0) is 0 Å². The largest absolute Gasteiger partial charge is 0.462 e. The van der Waals surface area contributed by atoms with Crippen molar-refractivity contribution in [3.05, 3.63) is 210 Å². The summed E-state index contributed by atoms with van der Waals surface area (Å²) in [6.45, 7) is 0. The van der Waals surface area contributed by atoms with Crippen LogP contribution in [0.5, 0.6) is 0 Å². The summed E-state index contributed by atoms with van der Waals surface area (Å²) in [5, 5.41) is 8.47. The molecule has 0 bridgehead atoms. The first-order valence-electron chi connectivity index (χ1n) is 18.4. The van der Waals surface area contributed by atoms with E-state index in [2.05, 4.69) is 60.0 Å². The van der Waals surface area contributed by atoms with E-state index in [1.54, 1.807) is 30.5 Å². The smallest absolute Gasteiger partial charge is 0.285 e. The van der Waals surface area contributed by atoms with Crippen molar-refractivity contribution in [1.82, 2.24) is 60.0 Å². The van der Waals surface area contributed by atoms with Gasteiger partial charge >= 0.3 is 0 Å². The van der Waals surface area contributed by atoms with Crippen molar-refractivity contribution < 1.29 is 26.5 Å². The fraction of sp³-hybridized carbons (Fsp3) is 0. The molecule has 0 aliphatic rings. The SMILES string of the molecule is O=c1ccoc2ccnnc12.O=c1ccoc2cncnc12.O=c1ccoc2nccnc12.O=c1ccoc2ncncc12.O=c1ncoc2cnccc12.O=c1ncoc2ncccc12. The summed E-state index contributed by atoms with van der Waals surface area (Å²) in [4.78, 5) is 103. The zero-order valence-corrected chi connectivity index (χ0v) is 33.1. The summed E-state index contributed by atoms with van der Waals surface area (Å²) >= 11 is 0. The molecule has 24 nitrogen and oxygen atoms in total. The summed E-state index contributed by atoms with van der Waals surface area (Å²) in [6, 6.07) is 11.8. The van der Waals surface area contributed by atoms with Crippen LogP contribution in [0.25, 0.3) is 66.6 Å². The third kappa shape index (κ3) is 11.2. The normalized spacial score (nSPS) is 10.2. The molecule has 0 atom stereocenters. The van der Waals surface area contributed by atoms with E-state index in [0.717, 1.165) is 12.8 Å². The fourth-order valence-corrected chi connectivity index (χ4v) is 5.01. The molecule has 12 heterocycles. The van der Waals surface area contributed by atoms with E-state index in [4.69, 9.17) is 26.5 Å². The predicted octanol–water partition coefficient (Wildman–Crippen LogP) is 3.50. The van der Waals surface area contributed by atoms with Gasteiger partial charge in [-0.3, -0.25) is 33.8 Å². The molecular formula is C42H24N12O12. The zero-order chi connectivity index (χ0) is 46.1. The van der Waals surface area contributed by atoms with E-state index in [0.29, 0.717) is 49.9 Å². The minimum atomic E-state index is -0.306. The molecule has 324 valence electrons. The van der Waals surface area contributed by atoms with Gasteiger partial charge in [0.25, 0.3) is 11.1 Å². The molecule has 66 heavy (non-hydrogen) atoms. The van der Waals surface area contributed by atoms with Crippen LogP contribution in [0.15, 0.2) is 204 Å². The van der Waals surface area contributed by atoms with Gasteiger partial charge < -0.3 is 26.5 Å². The molecule has 12 aromatic heterocycles. The van der Waals surface area contributed by atoms with Crippen LogP contribution in [0.3, 0.4) is 0 Å². The lowest BCUT2D eigenvalue weighted by Gasteiger charge is -1.89. The Kier molecular flexibility index (Phi) is 14.3. The van der Waals surface area contributed by atoms with Crippen LogP contribution in [-0.4, -0.2) is 60.0 Å². The van der Waals surface area contributed by atoms with Crippen molar-refractivity contribution in [2.24, 2.45) is 0 Å². The first-order chi connectivity index (χ1) is 32.3. The molecule has 0 spiro atoms. The van der Waals surface area contributed by atoms with Gasteiger partial charge in [-0.1, -0.05) is 0 Å². The van der Waals surface area contributed by atoms with Crippen LogP contribution < -0.4 is 32.8 Å². The molecule has 0 radical (unpaired) electrons. The maximum Gasteiger partial charge on any atom is 0.285 e. The first-order valence-corrected chi connectivity index (χ1v) is 18.4. The van der Waals surface area contributed by atoms with Gasteiger partial charge in [0.05, 0.1) is 49.0 Å². The van der Waals surface area contributed by atoms with E-state index >= 15 is 0 Å². The van der Waals surface area contributed by atoms with Gasteiger partial charge in [0, 0.05) is 61.3 Å². The van der Waals surface area contributed by atoms with Crippen LogP contribution in [0.2, 0.25) is 0 Å². The minimum absolute atomic E-state index is 0.119. The molecular weight excluding hydrogens is 865 g/mol. The lowest BCUT2D eigenvalue weighted by Crippen LogP contribution is -2.04. The van der Waals surface area contributed by atoms with Gasteiger partial charge in [0.15, 0.2) is 51.5 Å². The van der Waals surface area contributed by atoms with Crippen molar-refractivity contribution in [2.75, 3.05) is 0 Å². The Morgan fingerprint density at radius 1 is 0.364 bits per heavy atom. The molecule has 0 saturated heterocycles.